The van der Waals surface area contributed by atoms with Crippen LogP contribution < -0.4 is 5.32 Å². The number of ether oxygens (including phenoxy) is 2. The lowest BCUT2D eigenvalue weighted by molar-refractivity contribution is -0.303. The van der Waals surface area contributed by atoms with Crippen molar-refractivity contribution in [2.45, 2.75) is 242 Å². The quantitative estimate of drug-likeness (QED) is 0.0258. The van der Waals surface area contributed by atoms with Gasteiger partial charge in [0.25, 0.3) is 0 Å². The highest BCUT2D eigenvalue weighted by atomic mass is 16.7. The number of unbranched alkanes of at least 4 members (excludes halogenated alkanes) is 22. The first-order chi connectivity index (χ1) is 26.2. The molecule has 0 aliphatic carbocycles. The second-order valence-corrected chi connectivity index (χ2v) is 15.8. The largest absolute Gasteiger partial charge is 0.394 e. The molecule has 0 aromatic carbocycles. The zero-order valence-corrected chi connectivity index (χ0v) is 34.2. The van der Waals surface area contributed by atoms with Crippen LogP contribution in [-0.2, 0) is 14.3 Å². The van der Waals surface area contributed by atoms with E-state index in [1.54, 1.807) is 0 Å². The molecule has 9 unspecified atom stereocenters. The first kappa shape index (κ1) is 50.9. The molecule has 0 bridgehead atoms. The molecule has 1 heterocycles. The molecular formula is C43H83NO10. The maximum atomic E-state index is 13.0. The minimum atomic E-state index is -1.66. The number of rotatable bonds is 36. The van der Waals surface area contributed by atoms with Crippen LogP contribution in [0.4, 0.5) is 0 Å². The van der Waals surface area contributed by atoms with Gasteiger partial charge in [-0.15, -0.1) is 0 Å². The molecule has 0 aromatic heterocycles. The second-order valence-electron chi connectivity index (χ2n) is 15.8. The van der Waals surface area contributed by atoms with Crippen molar-refractivity contribution in [1.82, 2.24) is 5.32 Å². The number of nitrogens with one attached hydrogen (secondary N) is 1. The molecule has 0 spiro atoms. The van der Waals surface area contributed by atoms with Crippen molar-refractivity contribution in [2.75, 3.05) is 13.2 Å². The van der Waals surface area contributed by atoms with Crippen molar-refractivity contribution >= 4 is 5.91 Å². The van der Waals surface area contributed by atoms with Gasteiger partial charge in [-0.1, -0.05) is 161 Å². The summed E-state index contributed by atoms with van der Waals surface area (Å²) >= 11 is 0. The summed E-state index contributed by atoms with van der Waals surface area (Å²) in [5.74, 6) is -0.706. The predicted molar refractivity (Wildman–Crippen MR) is 215 cm³/mol. The fourth-order valence-corrected chi connectivity index (χ4v) is 7.09. The van der Waals surface area contributed by atoms with Gasteiger partial charge >= 0.3 is 0 Å². The van der Waals surface area contributed by atoms with Crippen LogP contribution >= 0.6 is 0 Å². The van der Waals surface area contributed by atoms with E-state index in [9.17, 15) is 40.5 Å². The van der Waals surface area contributed by atoms with Crippen LogP contribution in [0.1, 0.15) is 187 Å². The van der Waals surface area contributed by atoms with Crippen LogP contribution in [0.3, 0.4) is 0 Å². The van der Waals surface area contributed by atoms with Gasteiger partial charge in [-0.2, -0.15) is 0 Å². The molecule has 1 fully saturated rings. The summed E-state index contributed by atoms with van der Waals surface area (Å²) in [6, 6.07) is -1.18. The maximum absolute atomic E-state index is 13.0. The van der Waals surface area contributed by atoms with Crippen molar-refractivity contribution < 1.29 is 50.0 Å². The lowest BCUT2D eigenvalue weighted by Crippen LogP contribution is -2.60. The number of hydrogen-bond acceptors (Lipinski definition) is 10. The Bertz CT molecular complexity index is 892. The summed E-state index contributed by atoms with van der Waals surface area (Å²) in [4.78, 5) is 13.0. The average Bonchev–Trinajstić information content (AvgIpc) is 3.17. The maximum Gasteiger partial charge on any atom is 0.249 e. The van der Waals surface area contributed by atoms with E-state index in [1.807, 2.05) is 0 Å². The van der Waals surface area contributed by atoms with Gasteiger partial charge in [-0.25, -0.2) is 0 Å². The molecule has 8 N–H and O–H groups in total. The van der Waals surface area contributed by atoms with E-state index in [0.29, 0.717) is 12.8 Å². The number of aliphatic hydroxyl groups excluding tert-OH is 7. The monoisotopic (exact) mass is 774 g/mol. The molecule has 0 saturated carbocycles. The van der Waals surface area contributed by atoms with Crippen LogP contribution in [-0.4, -0.2) is 110 Å². The SMILES string of the molecule is CCCCCCCCCCC/C=C/CCCC(O)C(O)C(COC1OC(CO)C(O)C(O)C1O)NC(=O)C(O)CCCCCCCCCCCCCCC. The molecule has 9 atom stereocenters. The Kier molecular flexibility index (Phi) is 32.0. The molecule has 11 heteroatoms. The molecule has 1 saturated heterocycles. The zero-order valence-electron chi connectivity index (χ0n) is 34.2. The van der Waals surface area contributed by atoms with Crippen LogP contribution in [0.25, 0.3) is 0 Å². The summed E-state index contributed by atoms with van der Waals surface area (Å²) in [7, 11) is 0. The molecule has 320 valence electrons. The Morgan fingerprint density at radius 1 is 0.630 bits per heavy atom. The predicted octanol–water partition coefficient (Wildman–Crippen LogP) is 6.50. The van der Waals surface area contributed by atoms with Crippen LogP contribution in [0.15, 0.2) is 12.2 Å². The third-order valence-electron chi connectivity index (χ3n) is 10.8. The molecule has 0 radical (unpaired) electrons. The zero-order chi connectivity index (χ0) is 39.8. The lowest BCUT2D eigenvalue weighted by Gasteiger charge is -2.40. The van der Waals surface area contributed by atoms with E-state index >= 15 is 0 Å². The van der Waals surface area contributed by atoms with Crippen molar-refractivity contribution in [1.29, 1.82) is 0 Å². The van der Waals surface area contributed by atoms with E-state index in [-0.39, 0.29) is 12.8 Å². The number of allylic oxidation sites excluding steroid dienone is 2. The van der Waals surface area contributed by atoms with Gasteiger partial charge in [-0.3, -0.25) is 4.79 Å². The van der Waals surface area contributed by atoms with E-state index in [1.165, 1.54) is 109 Å². The molecule has 1 aliphatic heterocycles. The fraction of sp³-hybridized carbons (Fsp3) is 0.930. The number of amides is 1. The van der Waals surface area contributed by atoms with Gasteiger partial charge < -0.3 is 50.5 Å². The van der Waals surface area contributed by atoms with Gasteiger partial charge in [0.2, 0.25) is 5.91 Å². The molecule has 1 amide bonds. The van der Waals surface area contributed by atoms with Crippen molar-refractivity contribution in [3.8, 4) is 0 Å². The minimum absolute atomic E-state index is 0.258. The molecule has 0 aromatic rings. The number of carbonyl (C=O) groups is 1. The summed E-state index contributed by atoms with van der Waals surface area (Å²) in [5, 5.41) is 75.4. The average molecular weight is 774 g/mol. The fourth-order valence-electron chi connectivity index (χ4n) is 7.09. The second kappa shape index (κ2) is 33.9. The van der Waals surface area contributed by atoms with E-state index in [2.05, 4.69) is 31.3 Å². The van der Waals surface area contributed by atoms with Crippen LogP contribution in [0, 0.1) is 0 Å². The van der Waals surface area contributed by atoms with Gasteiger partial charge in [-0.05, 0) is 38.5 Å². The van der Waals surface area contributed by atoms with E-state index in [4.69, 9.17) is 9.47 Å². The highest BCUT2D eigenvalue weighted by Crippen LogP contribution is 2.23. The molecule has 1 rings (SSSR count). The number of hydrogen-bond donors (Lipinski definition) is 8. The molecular weight excluding hydrogens is 690 g/mol. The molecule has 11 nitrogen and oxygen atoms in total. The summed E-state index contributed by atoms with van der Waals surface area (Å²) in [6.07, 6.45) is 22.6. The third kappa shape index (κ3) is 23.8. The number of aliphatic hydroxyl groups is 7. The summed E-state index contributed by atoms with van der Waals surface area (Å²) in [6.45, 7) is 3.40. The normalized spacial score (nSPS) is 22.7. The van der Waals surface area contributed by atoms with Crippen molar-refractivity contribution in [3.63, 3.8) is 0 Å². The number of carbonyl (C=O) groups excluding carboxylic acids is 1. The summed E-state index contributed by atoms with van der Waals surface area (Å²) < 4.78 is 11.1. The Balaban J connectivity index is 2.52. The molecule has 1 aliphatic rings. The highest BCUT2D eigenvalue weighted by Gasteiger charge is 2.44. The Labute approximate surface area is 328 Å². The molecule has 54 heavy (non-hydrogen) atoms. The first-order valence-corrected chi connectivity index (χ1v) is 22.1. The van der Waals surface area contributed by atoms with Gasteiger partial charge in [0, 0.05) is 0 Å². The van der Waals surface area contributed by atoms with Crippen LogP contribution in [0.2, 0.25) is 0 Å². The van der Waals surface area contributed by atoms with E-state index in [0.717, 1.165) is 38.5 Å². The Morgan fingerprint density at radius 3 is 1.59 bits per heavy atom. The minimum Gasteiger partial charge on any atom is -0.394 e. The van der Waals surface area contributed by atoms with Gasteiger partial charge in [0.1, 0.15) is 36.6 Å². The Hall–Kier alpha value is -1.15. The standard InChI is InChI=1S/C43H83NO10/c1-3-5-7-9-11-13-15-17-19-20-22-24-26-28-30-35(46)38(48)34(33-53-43-41(51)40(50)39(49)37(32-45)54-43)44-42(52)36(47)31-29-27-25-23-21-18-16-14-12-10-8-6-4-2/h22,24,34-41,43,45-51H,3-21,23,25-33H2,1-2H3,(H,44,52)/b24-22+. The van der Waals surface area contributed by atoms with E-state index < -0.39 is 74.2 Å². The van der Waals surface area contributed by atoms with Crippen LogP contribution in [0.5, 0.6) is 0 Å². The smallest absolute Gasteiger partial charge is 0.249 e. The summed E-state index contributed by atoms with van der Waals surface area (Å²) in [5.41, 5.74) is 0. The van der Waals surface area contributed by atoms with Gasteiger partial charge in [0.15, 0.2) is 6.29 Å². The van der Waals surface area contributed by atoms with Gasteiger partial charge in [0.05, 0.1) is 25.4 Å². The topological polar surface area (TPSA) is 189 Å². The Morgan fingerprint density at radius 2 is 1.09 bits per heavy atom. The first-order valence-electron chi connectivity index (χ1n) is 22.1. The van der Waals surface area contributed by atoms with Crippen molar-refractivity contribution in [2.24, 2.45) is 0 Å². The lowest BCUT2D eigenvalue weighted by atomic mass is 9.98. The highest BCUT2D eigenvalue weighted by molar-refractivity contribution is 5.80. The third-order valence-corrected chi connectivity index (χ3v) is 10.8. The van der Waals surface area contributed by atoms with Crippen molar-refractivity contribution in [3.05, 3.63) is 12.2 Å².